The summed E-state index contributed by atoms with van der Waals surface area (Å²) in [5.74, 6) is -1.08. The molecule has 1 N–H and O–H groups in total. The molecule has 0 bridgehead atoms. The monoisotopic (exact) mass is 269 g/mol. The average Bonchev–Trinajstić information content (AvgIpc) is 2.26. The van der Waals surface area contributed by atoms with Gasteiger partial charge in [0.15, 0.2) is 0 Å². The number of halogens is 2. The summed E-state index contributed by atoms with van der Waals surface area (Å²) in [5, 5.41) is 3.20. The Kier molecular flexibility index (Phi) is 4.21. The molecular weight excluding hydrogens is 248 g/mol. The van der Waals surface area contributed by atoms with E-state index >= 15 is 0 Å². The van der Waals surface area contributed by atoms with E-state index in [1.807, 2.05) is 0 Å². The molecule has 2 atom stereocenters. The van der Waals surface area contributed by atoms with Crippen LogP contribution in [0.25, 0.3) is 0 Å². The molecule has 1 aliphatic heterocycles. The van der Waals surface area contributed by atoms with E-state index in [0.29, 0.717) is 6.54 Å². The predicted molar refractivity (Wildman–Crippen MR) is 70.9 cm³/mol. The molecule has 1 aromatic rings. The lowest BCUT2D eigenvalue weighted by atomic mass is 9.88. The topological polar surface area (TPSA) is 21.3 Å². The Labute approximate surface area is 113 Å². The predicted octanol–water partition coefficient (Wildman–Crippen LogP) is 3.43. The van der Waals surface area contributed by atoms with Crippen LogP contribution >= 0.6 is 0 Å². The number of morpholine rings is 1. The Morgan fingerprint density at radius 3 is 2.42 bits per heavy atom. The van der Waals surface area contributed by atoms with Gasteiger partial charge in [-0.25, -0.2) is 8.78 Å². The second-order valence-corrected chi connectivity index (χ2v) is 6.31. The van der Waals surface area contributed by atoms with Gasteiger partial charge in [0.2, 0.25) is 0 Å². The molecule has 1 heterocycles. The van der Waals surface area contributed by atoms with Crippen molar-refractivity contribution in [1.29, 1.82) is 0 Å². The zero-order chi connectivity index (χ0) is 14.0. The molecule has 1 aromatic carbocycles. The Bertz CT molecular complexity index is 422. The molecule has 1 fully saturated rings. The molecule has 2 unspecified atom stereocenters. The van der Waals surface area contributed by atoms with E-state index in [2.05, 4.69) is 26.1 Å². The van der Waals surface area contributed by atoms with Crippen LogP contribution in [0.4, 0.5) is 8.78 Å². The van der Waals surface area contributed by atoms with Crippen LogP contribution in [-0.4, -0.2) is 19.2 Å². The van der Waals surface area contributed by atoms with Crippen LogP contribution in [0.1, 0.15) is 38.9 Å². The van der Waals surface area contributed by atoms with Gasteiger partial charge < -0.3 is 10.1 Å². The van der Waals surface area contributed by atoms with E-state index < -0.39 is 17.7 Å². The standard InChI is InChI=1S/C15H21F2NO/c1-15(2,3)7-10-8-18-9-13(19-10)14-11(16)5-4-6-12(14)17/h4-6,10,13,18H,7-9H2,1-3H3. The van der Waals surface area contributed by atoms with Gasteiger partial charge in [-0.1, -0.05) is 26.8 Å². The highest BCUT2D eigenvalue weighted by molar-refractivity contribution is 5.23. The van der Waals surface area contributed by atoms with Crippen LogP contribution in [0.3, 0.4) is 0 Å². The maximum Gasteiger partial charge on any atom is 0.132 e. The molecule has 106 valence electrons. The van der Waals surface area contributed by atoms with Crippen molar-refractivity contribution in [2.45, 2.75) is 39.4 Å². The summed E-state index contributed by atoms with van der Waals surface area (Å²) in [6.45, 7) is 7.55. The average molecular weight is 269 g/mol. The van der Waals surface area contributed by atoms with Crippen molar-refractivity contribution in [3.8, 4) is 0 Å². The second kappa shape index (κ2) is 5.55. The van der Waals surface area contributed by atoms with E-state index in [4.69, 9.17) is 4.74 Å². The Morgan fingerprint density at radius 1 is 1.21 bits per heavy atom. The first-order chi connectivity index (χ1) is 8.87. The normalized spacial score (nSPS) is 24.5. The van der Waals surface area contributed by atoms with Crippen LogP contribution in [0.15, 0.2) is 18.2 Å². The highest BCUT2D eigenvalue weighted by Gasteiger charge is 2.30. The number of benzene rings is 1. The van der Waals surface area contributed by atoms with Crippen LogP contribution in [0.2, 0.25) is 0 Å². The van der Waals surface area contributed by atoms with Crippen molar-refractivity contribution in [3.63, 3.8) is 0 Å². The van der Waals surface area contributed by atoms with Gasteiger partial charge >= 0.3 is 0 Å². The van der Waals surface area contributed by atoms with Gasteiger partial charge in [0.25, 0.3) is 0 Å². The summed E-state index contributed by atoms with van der Waals surface area (Å²) >= 11 is 0. The lowest BCUT2D eigenvalue weighted by Crippen LogP contribution is -2.42. The SMILES string of the molecule is CC(C)(C)CC1CNCC(c2c(F)cccc2F)O1. The van der Waals surface area contributed by atoms with Crippen molar-refractivity contribution in [2.75, 3.05) is 13.1 Å². The molecular formula is C15H21F2NO. The fourth-order valence-electron chi connectivity index (χ4n) is 2.50. The van der Waals surface area contributed by atoms with E-state index in [-0.39, 0.29) is 17.1 Å². The summed E-state index contributed by atoms with van der Waals surface area (Å²) in [6.07, 6.45) is 0.284. The van der Waals surface area contributed by atoms with Crippen molar-refractivity contribution < 1.29 is 13.5 Å². The summed E-state index contributed by atoms with van der Waals surface area (Å²) < 4.78 is 33.4. The van der Waals surface area contributed by atoms with Gasteiger partial charge in [-0.15, -0.1) is 0 Å². The Morgan fingerprint density at radius 2 is 1.84 bits per heavy atom. The van der Waals surface area contributed by atoms with Gasteiger partial charge in [0, 0.05) is 13.1 Å². The fourth-order valence-corrected chi connectivity index (χ4v) is 2.50. The summed E-state index contributed by atoms with van der Waals surface area (Å²) in [5.41, 5.74) is 0.163. The van der Waals surface area contributed by atoms with Gasteiger partial charge in [-0.2, -0.15) is 0 Å². The minimum Gasteiger partial charge on any atom is -0.367 e. The van der Waals surface area contributed by atoms with Gasteiger partial charge in [-0.3, -0.25) is 0 Å². The molecule has 0 aromatic heterocycles. The molecule has 1 saturated heterocycles. The largest absolute Gasteiger partial charge is 0.367 e. The second-order valence-electron chi connectivity index (χ2n) is 6.31. The van der Waals surface area contributed by atoms with Gasteiger partial charge in [0.05, 0.1) is 11.7 Å². The molecule has 19 heavy (non-hydrogen) atoms. The van der Waals surface area contributed by atoms with Crippen molar-refractivity contribution >= 4 is 0 Å². The van der Waals surface area contributed by atoms with Gasteiger partial charge in [0.1, 0.15) is 17.7 Å². The number of hydrogen-bond donors (Lipinski definition) is 1. The van der Waals surface area contributed by atoms with Crippen molar-refractivity contribution in [1.82, 2.24) is 5.32 Å². The molecule has 0 amide bonds. The quantitative estimate of drug-likeness (QED) is 0.888. The lowest BCUT2D eigenvalue weighted by molar-refractivity contribution is -0.0579. The van der Waals surface area contributed by atoms with Crippen LogP contribution in [0, 0.1) is 17.0 Å². The molecule has 2 nitrogen and oxygen atoms in total. The van der Waals surface area contributed by atoms with E-state index in [9.17, 15) is 8.78 Å². The van der Waals surface area contributed by atoms with E-state index in [0.717, 1.165) is 13.0 Å². The van der Waals surface area contributed by atoms with Crippen LogP contribution in [0.5, 0.6) is 0 Å². The third-order valence-corrected chi connectivity index (χ3v) is 3.22. The minimum absolute atomic E-state index is 0.0160. The van der Waals surface area contributed by atoms with Crippen molar-refractivity contribution in [3.05, 3.63) is 35.4 Å². The Hall–Kier alpha value is -1.00. The highest BCUT2D eigenvalue weighted by Crippen LogP contribution is 2.30. The number of hydrogen-bond acceptors (Lipinski definition) is 2. The summed E-state index contributed by atoms with van der Waals surface area (Å²) in [6, 6.07) is 3.92. The fraction of sp³-hybridized carbons (Fsp3) is 0.600. The Balaban J connectivity index is 2.13. The maximum atomic E-state index is 13.8. The first-order valence-corrected chi connectivity index (χ1v) is 6.67. The zero-order valence-corrected chi connectivity index (χ0v) is 11.7. The zero-order valence-electron chi connectivity index (χ0n) is 11.7. The number of nitrogens with one attached hydrogen (secondary N) is 1. The third kappa shape index (κ3) is 3.74. The van der Waals surface area contributed by atoms with Crippen LogP contribution < -0.4 is 5.32 Å². The summed E-state index contributed by atoms with van der Waals surface area (Å²) in [7, 11) is 0. The van der Waals surface area contributed by atoms with Gasteiger partial charge in [-0.05, 0) is 24.0 Å². The summed E-state index contributed by atoms with van der Waals surface area (Å²) in [4.78, 5) is 0. The maximum absolute atomic E-state index is 13.8. The lowest BCUT2D eigenvalue weighted by Gasteiger charge is -2.34. The molecule has 0 spiro atoms. The molecule has 4 heteroatoms. The van der Waals surface area contributed by atoms with Crippen molar-refractivity contribution in [2.24, 2.45) is 5.41 Å². The molecule has 0 radical (unpaired) electrons. The first kappa shape index (κ1) is 14.4. The molecule has 0 aliphatic carbocycles. The van der Waals surface area contributed by atoms with E-state index in [1.165, 1.54) is 18.2 Å². The van der Waals surface area contributed by atoms with Crippen LogP contribution in [-0.2, 0) is 4.74 Å². The third-order valence-electron chi connectivity index (χ3n) is 3.22. The first-order valence-electron chi connectivity index (χ1n) is 6.67. The number of rotatable bonds is 2. The molecule has 0 saturated carbocycles. The molecule has 1 aliphatic rings. The number of ether oxygens (including phenoxy) is 1. The molecule has 2 rings (SSSR count). The minimum atomic E-state index is -0.553. The highest BCUT2D eigenvalue weighted by atomic mass is 19.1. The smallest absolute Gasteiger partial charge is 0.132 e. The van der Waals surface area contributed by atoms with E-state index in [1.54, 1.807) is 0 Å².